The Bertz CT molecular complexity index is 1000. The maximum atomic E-state index is 13.4. The first kappa shape index (κ1) is 23.8. The highest BCUT2D eigenvalue weighted by molar-refractivity contribution is 7.10. The molecule has 1 aromatic carbocycles. The van der Waals surface area contributed by atoms with Gasteiger partial charge in [-0.15, -0.1) is 11.3 Å². The van der Waals surface area contributed by atoms with Crippen LogP contribution < -0.4 is 0 Å². The van der Waals surface area contributed by atoms with Crippen LogP contribution in [-0.2, 0) is 16.0 Å². The fraction of sp³-hybridized carbons (Fsp3) is 0.556. The van der Waals surface area contributed by atoms with E-state index in [4.69, 9.17) is 11.6 Å². The van der Waals surface area contributed by atoms with Crippen LogP contribution in [0.2, 0.25) is 5.02 Å². The molecule has 1 aromatic heterocycles. The Balaban J connectivity index is 1.25. The van der Waals surface area contributed by atoms with E-state index in [9.17, 15) is 9.59 Å². The van der Waals surface area contributed by atoms with Gasteiger partial charge in [-0.05, 0) is 60.4 Å². The van der Waals surface area contributed by atoms with Gasteiger partial charge in [0.25, 0.3) is 0 Å². The van der Waals surface area contributed by atoms with Gasteiger partial charge in [0.2, 0.25) is 11.8 Å². The van der Waals surface area contributed by atoms with Gasteiger partial charge in [-0.1, -0.05) is 43.0 Å². The first-order valence-electron chi connectivity index (χ1n) is 12.7. The summed E-state index contributed by atoms with van der Waals surface area (Å²) >= 11 is 7.96. The fourth-order valence-electron chi connectivity index (χ4n) is 5.84. The number of nitrogens with zero attached hydrogens (tertiary/aromatic N) is 3. The Morgan fingerprint density at radius 1 is 0.882 bits per heavy atom. The van der Waals surface area contributed by atoms with E-state index in [1.54, 1.807) is 0 Å². The van der Waals surface area contributed by atoms with Crippen molar-refractivity contribution < 1.29 is 9.59 Å². The Kier molecular flexibility index (Phi) is 7.57. The summed E-state index contributed by atoms with van der Waals surface area (Å²) in [7, 11) is 0. The lowest BCUT2D eigenvalue weighted by Crippen LogP contribution is -2.46. The van der Waals surface area contributed by atoms with Gasteiger partial charge in [0.1, 0.15) is 0 Å². The van der Waals surface area contributed by atoms with Crippen LogP contribution in [0.25, 0.3) is 0 Å². The Morgan fingerprint density at radius 3 is 2.41 bits per heavy atom. The molecule has 1 atom stereocenters. The van der Waals surface area contributed by atoms with Crippen LogP contribution >= 0.6 is 22.9 Å². The van der Waals surface area contributed by atoms with Crippen molar-refractivity contribution in [1.82, 2.24) is 14.7 Å². The number of hydrogen-bond donors (Lipinski definition) is 0. The average molecular weight is 500 g/mol. The summed E-state index contributed by atoms with van der Waals surface area (Å²) < 4.78 is 0. The second kappa shape index (κ2) is 10.8. The summed E-state index contributed by atoms with van der Waals surface area (Å²) in [5, 5.41) is 2.88. The zero-order valence-corrected chi connectivity index (χ0v) is 21.3. The Morgan fingerprint density at radius 2 is 1.62 bits per heavy atom. The first-order valence-corrected chi connectivity index (χ1v) is 14.0. The van der Waals surface area contributed by atoms with Gasteiger partial charge in [0.05, 0.1) is 12.6 Å². The molecule has 0 N–H and O–H groups in total. The summed E-state index contributed by atoms with van der Waals surface area (Å²) in [5.41, 5.74) is 2.49. The van der Waals surface area contributed by atoms with Crippen molar-refractivity contribution in [2.45, 2.75) is 51.0 Å². The highest BCUT2D eigenvalue weighted by Gasteiger charge is 2.33. The van der Waals surface area contributed by atoms with Crippen molar-refractivity contribution in [2.75, 3.05) is 39.3 Å². The van der Waals surface area contributed by atoms with E-state index in [-0.39, 0.29) is 17.9 Å². The monoisotopic (exact) mass is 499 g/mol. The third-order valence-electron chi connectivity index (χ3n) is 7.70. The summed E-state index contributed by atoms with van der Waals surface area (Å²) in [5.74, 6) is 0.687. The minimum atomic E-state index is 0.0765. The molecule has 2 fully saturated rings. The van der Waals surface area contributed by atoms with Crippen molar-refractivity contribution in [3.8, 4) is 0 Å². The molecule has 2 aromatic rings. The van der Waals surface area contributed by atoms with E-state index in [1.807, 2.05) is 33.3 Å². The van der Waals surface area contributed by atoms with E-state index in [0.29, 0.717) is 25.5 Å². The molecule has 34 heavy (non-hydrogen) atoms. The Labute approximate surface area is 211 Å². The molecular formula is C27H34ClN3O2S. The van der Waals surface area contributed by atoms with Gasteiger partial charge in [-0.25, -0.2) is 0 Å². The molecule has 182 valence electrons. The molecule has 7 heteroatoms. The molecule has 0 spiro atoms. The molecule has 0 radical (unpaired) electrons. The zero-order chi connectivity index (χ0) is 23.5. The summed E-state index contributed by atoms with van der Waals surface area (Å²) in [6.07, 6.45) is 7.50. The number of halogens is 1. The summed E-state index contributed by atoms with van der Waals surface area (Å²) in [4.78, 5) is 34.2. The molecule has 5 rings (SSSR count). The topological polar surface area (TPSA) is 43.9 Å². The summed E-state index contributed by atoms with van der Waals surface area (Å²) in [6.45, 7) is 4.08. The van der Waals surface area contributed by atoms with Crippen LogP contribution in [0.4, 0.5) is 0 Å². The van der Waals surface area contributed by atoms with Gasteiger partial charge in [0.15, 0.2) is 0 Å². The maximum Gasteiger partial charge on any atom is 0.236 e. The molecule has 1 saturated carbocycles. The molecule has 5 nitrogen and oxygen atoms in total. The molecule has 3 heterocycles. The highest BCUT2D eigenvalue weighted by atomic mass is 35.5. The number of carbonyl (C=O) groups is 2. The maximum absolute atomic E-state index is 13.4. The number of thiophene rings is 1. The quantitative estimate of drug-likeness (QED) is 0.595. The lowest BCUT2D eigenvalue weighted by molar-refractivity contribution is -0.137. The first-order chi connectivity index (χ1) is 16.6. The van der Waals surface area contributed by atoms with Gasteiger partial charge in [-0.3, -0.25) is 14.5 Å². The van der Waals surface area contributed by atoms with Crippen LogP contribution in [0, 0.1) is 5.92 Å². The average Bonchev–Trinajstić information content (AvgIpc) is 3.20. The Hall–Kier alpha value is -1.89. The van der Waals surface area contributed by atoms with Gasteiger partial charge >= 0.3 is 0 Å². The van der Waals surface area contributed by atoms with Gasteiger partial charge in [-0.2, -0.15) is 0 Å². The summed E-state index contributed by atoms with van der Waals surface area (Å²) in [6, 6.07) is 10.3. The van der Waals surface area contributed by atoms with E-state index in [2.05, 4.69) is 28.5 Å². The molecule has 2 aliphatic heterocycles. The number of amides is 2. The van der Waals surface area contributed by atoms with Crippen molar-refractivity contribution in [3.63, 3.8) is 0 Å². The lowest BCUT2D eigenvalue weighted by atomic mass is 9.88. The van der Waals surface area contributed by atoms with E-state index in [0.717, 1.165) is 50.3 Å². The van der Waals surface area contributed by atoms with E-state index in [1.165, 1.54) is 35.3 Å². The standard InChI is InChI=1S/C27H34ClN3O2S/c28-22-9-7-20(8-10-22)26-23-12-18-34-24(23)11-15-31(26)19-25(32)29-13-4-14-30(17-16-29)27(33)21-5-2-1-3-6-21/h7-10,12,18,21,26H,1-6,11,13-17,19H2. The van der Waals surface area contributed by atoms with Gasteiger partial charge < -0.3 is 9.80 Å². The second-order valence-electron chi connectivity index (χ2n) is 9.87. The van der Waals surface area contributed by atoms with E-state index < -0.39 is 0 Å². The van der Waals surface area contributed by atoms with Crippen LogP contribution in [-0.4, -0.2) is 65.8 Å². The number of fused-ring (bicyclic) bond motifs is 1. The van der Waals surface area contributed by atoms with Crippen LogP contribution in [0.15, 0.2) is 35.7 Å². The molecule has 3 aliphatic rings. The molecule has 2 amide bonds. The van der Waals surface area contributed by atoms with Crippen molar-refractivity contribution in [1.29, 1.82) is 0 Å². The van der Waals surface area contributed by atoms with Crippen LogP contribution in [0.1, 0.15) is 60.6 Å². The molecule has 0 bridgehead atoms. The number of carbonyl (C=O) groups excluding carboxylic acids is 2. The van der Waals surface area contributed by atoms with Crippen molar-refractivity contribution >= 4 is 34.8 Å². The van der Waals surface area contributed by atoms with Crippen molar-refractivity contribution in [3.05, 3.63) is 56.7 Å². The molecule has 1 unspecified atom stereocenters. The molecule has 1 saturated heterocycles. The van der Waals surface area contributed by atoms with E-state index >= 15 is 0 Å². The normalized spacial score (nSPS) is 22.3. The lowest BCUT2D eigenvalue weighted by Gasteiger charge is -2.37. The third-order valence-corrected chi connectivity index (χ3v) is 8.95. The zero-order valence-electron chi connectivity index (χ0n) is 19.8. The smallest absolute Gasteiger partial charge is 0.236 e. The highest BCUT2D eigenvalue weighted by Crippen LogP contribution is 2.38. The second-order valence-corrected chi connectivity index (χ2v) is 11.3. The molecule has 1 aliphatic carbocycles. The largest absolute Gasteiger partial charge is 0.341 e. The minimum absolute atomic E-state index is 0.0765. The van der Waals surface area contributed by atoms with Crippen LogP contribution in [0.5, 0.6) is 0 Å². The predicted molar refractivity (Wildman–Crippen MR) is 137 cm³/mol. The number of hydrogen-bond acceptors (Lipinski definition) is 4. The predicted octanol–water partition coefficient (Wildman–Crippen LogP) is 4.99. The fourth-order valence-corrected chi connectivity index (χ4v) is 6.87. The van der Waals surface area contributed by atoms with Crippen LogP contribution in [0.3, 0.4) is 0 Å². The SMILES string of the molecule is O=C(CN1CCc2sccc2C1c1ccc(Cl)cc1)N1CCCN(C(=O)C2CCCCC2)CC1. The molecular weight excluding hydrogens is 466 g/mol. The minimum Gasteiger partial charge on any atom is -0.341 e. The number of rotatable bonds is 4. The van der Waals surface area contributed by atoms with Gasteiger partial charge in [0, 0.05) is 48.5 Å². The number of benzene rings is 1. The van der Waals surface area contributed by atoms with Crippen molar-refractivity contribution in [2.24, 2.45) is 5.92 Å². The third kappa shape index (κ3) is 5.19.